The molecule has 2 N–H and O–H groups in total. The van der Waals surface area contributed by atoms with Gasteiger partial charge < -0.3 is 24.7 Å². The Morgan fingerprint density at radius 2 is 2.27 bits per heavy atom. The molecule has 1 unspecified atom stereocenters. The minimum atomic E-state index is 0.575. The average Bonchev–Trinajstić information content (AvgIpc) is 3.29. The van der Waals surface area contributed by atoms with Gasteiger partial charge in [0.05, 0.1) is 30.8 Å². The van der Waals surface area contributed by atoms with Crippen molar-refractivity contribution < 1.29 is 9.47 Å². The first-order valence-corrected chi connectivity index (χ1v) is 9.28. The fourth-order valence-electron chi connectivity index (χ4n) is 3.08. The van der Waals surface area contributed by atoms with Crippen LogP contribution in [0.3, 0.4) is 0 Å². The standard InChI is InChI=1S/C19H29N5O2/c1-20-19(21-9-5-10-25-13-15-8-11-26-14-15)22-12-18-23-16-6-3-4-7-17(16)24(18)2/h3-4,6-7,15H,5,8-14H2,1-2H3,(H2,20,21,22). The molecule has 1 fully saturated rings. The van der Waals surface area contributed by atoms with Crippen molar-refractivity contribution in [2.45, 2.75) is 19.4 Å². The van der Waals surface area contributed by atoms with Crippen LogP contribution < -0.4 is 10.6 Å². The van der Waals surface area contributed by atoms with Crippen molar-refractivity contribution in [2.75, 3.05) is 40.0 Å². The van der Waals surface area contributed by atoms with E-state index in [1.807, 2.05) is 25.2 Å². The number of para-hydroxylation sites is 2. The predicted molar refractivity (Wildman–Crippen MR) is 103 cm³/mol. The third-order valence-corrected chi connectivity index (χ3v) is 4.65. The topological polar surface area (TPSA) is 72.7 Å². The molecule has 0 saturated carbocycles. The van der Waals surface area contributed by atoms with Gasteiger partial charge in [-0.3, -0.25) is 4.99 Å². The number of nitrogens with one attached hydrogen (secondary N) is 2. The molecule has 1 aromatic heterocycles. The zero-order valence-corrected chi connectivity index (χ0v) is 15.7. The molecule has 0 aliphatic carbocycles. The second-order valence-electron chi connectivity index (χ2n) is 6.59. The van der Waals surface area contributed by atoms with Gasteiger partial charge in [-0.25, -0.2) is 4.98 Å². The highest BCUT2D eigenvalue weighted by atomic mass is 16.5. The van der Waals surface area contributed by atoms with Gasteiger partial charge >= 0.3 is 0 Å². The molecule has 1 saturated heterocycles. The molecule has 0 bridgehead atoms. The van der Waals surface area contributed by atoms with Crippen molar-refractivity contribution in [3.05, 3.63) is 30.1 Å². The molecule has 1 aromatic carbocycles. The van der Waals surface area contributed by atoms with Gasteiger partial charge in [0, 0.05) is 39.8 Å². The molecule has 0 amide bonds. The van der Waals surface area contributed by atoms with Crippen LogP contribution >= 0.6 is 0 Å². The minimum Gasteiger partial charge on any atom is -0.381 e. The summed E-state index contributed by atoms with van der Waals surface area (Å²) in [5.41, 5.74) is 2.15. The summed E-state index contributed by atoms with van der Waals surface area (Å²) in [7, 11) is 3.82. The Hall–Kier alpha value is -2.12. The van der Waals surface area contributed by atoms with Crippen molar-refractivity contribution in [1.29, 1.82) is 0 Å². The van der Waals surface area contributed by atoms with Crippen LogP contribution in [0.15, 0.2) is 29.3 Å². The lowest BCUT2D eigenvalue weighted by Crippen LogP contribution is -2.38. The van der Waals surface area contributed by atoms with E-state index in [2.05, 4.69) is 31.2 Å². The largest absolute Gasteiger partial charge is 0.381 e. The third kappa shape index (κ3) is 4.95. The number of imidazole rings is 1. The summed E-state index contributed by atoms with van der Waals surface area (Å²) in [6, 6.07) is 8.15. The van der Waals surface area contributed by atoms with Gasteiger partial charge in [0.1, 0.15) is 5.82 Å². The highest BCUT2D eigenvalue weighted by molar-refractivity contribution is 5.80. The summed E-state index contributed by atoms with van der Waals surface area (Å²) in [4.78, 5) is 8.93. The molecule has 7 nitrogen and oxygen atoms in total. The molecule has 0 radical (unpaired) electrons. The van der Waals surface area contributed by atoms with Gasteiger partial charge in [-0.2, -0.15) is 0 Å². The van der Waals surface area contributed by atoms with E-state index in [0.29, 0.717) is 12.5 Å². The molecule has 7 heteroatoms. The lowest BCUT2D eigenvalue weighted by molar-refractivity contribution is 0.0888. The molecule has 1 aliphatic heterocycles. The van der Waals surface area contributed by atoms with Crippen molar-refractivity contribution in [3.8, 4) is 0 Å². The molecule has 1 atom stereocenters. The van der Waals surface area contributed by atoms with E-state index in [-0.39, 0.29) is 0 Å². The number of guanidine groups is 1. The van der Waals surface area contributed by atoms with Crippen LogP contribution in [-0.2, 0) is 23.1 Å². The van der Waals surface area contributed by atoms with E-state index in [9.17, 15) is 0 Å². The molecule has 26 heavy (non-hydrogen) atoms. The maximum absolute atomic E-state index is 5.72. The van der Waals surface area contributed by atoms with E-state index in [4.69, 9.17) is 9.47 Å². The van der Waals surface area contributed by atoms with Gasteiger partial charge in [-0.1, -0.05) is 12.1 Å². The zero-order chi connectivity index (χ0) is 18.2. The number of hydrogen-bond acceptors (Lipinski definition) is 4. The Morgan fingerprint density at radius 1 is 1.38 bits per heavy atom. The highest BCUT2D eigenvalue weighted by Gasteiger charge is 2.15. The van der Waals surface area contributed by atoms with Crippen molar-refractivity contribution in [3.63, 3.8) is 0 Å². The molecule has 1 aliphatic rings. The quantitative estimate of drug-likeness (QED) is 0.426. The summed E-state index contributed by atoms with van der Waals surface area (Å²) in [6.07, 6.45) is 2.07. The molecule has 0 spiro atoms. The van der Waals surface area contributed by atoms with E-state index in [0.717, 1.165) is 68.6 Å². The summed E-state index contributed by atoms with van der Waals surface area (Å²) < 4.78 is 13.2. The number of aryl methyl sites for hydroxylation is 1. The van der Waals surface area contributed by atoms with Gasteiger partial charge in [0.25, 0.3) is 0 Å². The Balaban J connectivity index is 1.35. The van der Waals surface area contributed by atoms with E-state index in [1.165, 1.54) is 0 Å². The van der Waals surface area contributed by atoms with Crippen LogP contribution in [0.5, 0.6) is 0 Å². The first-order valence-electron chi connectivity index (χ1n) is 9.28. The zero-order valence-electron chi connectivity index (χ0n) is 15.7. The molecule has 3 rings (SSSR count). The van der Waals surface area contributed by atoms with Gasteiger partial charge in [-0.15, -0.1) is 0 Å². The first-order chi connectivity index (χ1) is 12.8. The second kappa shape index (κ2) is 9.54. The van der Waals surface area contributed by atoms with Gasteiger partial charge in [-0.05, 0) is 25.0 Å². The van der Waals surface area contributed by atoms with Crippen LogP contribution in [0.4, 0.5) is 0 Å². The average molecular weight is 359 g/mol. The predicted octanol–water partition coefficient (Wildman–Crippen LogP) is 1.68. The Kier molecular flexibility index (Phi) is 6.85. The number of benzene rings is 1. The van der Waals surface area contributed by atoms with E-state index < -0.39 is 0 Å². The van der Waals surface area contributed by atoms with E-state index in [1.54, 1.807) is 7.05 Å². The lowest BCUT2D eigenvalue weighted by atomic mass is 10.1. The molecule has 2 aromatic rings. The van der Waals surface area contributed by atoms with Gasteiger partial charge in [0.2, 0.25) is 0 Å². The number of rotatable bonds is 8. The van der Waals surface area contributed by atoms with Gasteiger partial charge in [0.15, 0.2) is 5.96 Å². The maximum Gasteiger partial charge on any atom is 0.191 e. The number of aliphatic imine (C=N–C) groups is 1. The number of nitrogens with zero attached hydrogens (tertiary/aromatic N) is 3. The van der Waals surface area contributed by atoms with Crippen LogP contribution in [0.25, 0.3) is 11.0 Å². The molecule has 142 valence electrons. The summed E-state index contributed by atoms with van der Waals surface area (Å²) in [5, 5.41) is 6.64. The van der Waals surface area contributed by atoms with Crippen LogP contribution in [0.1, 0.15) is 18.7 Å². The lowest BCUT2D eigenvalue weighted by Gasteiger charge is -2.12. The number of ether oxygens (including phenoxy) is 2. The van der Waals surface area contributed by atoms with Crippen molar-refractivity contribution in [2.24, 2.45) is 18.0 Å². The Labute approximate surface area is 154 Å². The summed E-state index contributed by atoms with van der Waals surface area (Å²) in [6.45, 7) is 4.73. The van der Waals surface area contributed by atoms with Crippen LogP contribution in [0, 0.1) is 5.92 Å². The number of fused-ring (bicyclic) bond motifs is 1. The maximum atomic E-state index is 5.72. The Morgan fingerprint density at radius 3 is 3.04 bits per heavy atom. The fourth-order valence-corrected chi connectivity index (χ4v) is 3.08. The number of hydrogen-bond donors (Lipinski definition) is 2. The fraction of sp³-hybridized carbons (Fsp3) is 0.579. The van der Waals surface area contributed by atoms with Crippen LogP contribution in [-0.4, -0.2) is 55.5 Å². The normalized spacial score (nSPS) is 17.8. The summed E-state index contributed by atoms with van der Waals surface area (Å²) in [5.74, 6) is 2.34. The molecular weight excluding hydrogens is 330 g/mol. The second-order valence-corrected chi connectivity index (χ2v) is 6.59. The third-order valence-electron chi connectivity index (χ3n) is 4.65. The smallest absolute Gasteiger partial charge is 0.191 e. The van der Waals surface area contributed by atoms with Crippen LogP contribution in [0.2, 0.25) is 0 Å². The minimum absolute atomic E-state index is 0.575. The summed E-state index contributed by atoms with van der Waals surface area (Å²) >= 11 is 0. The first kappa shape index (κ1) is 18.7. The van der Waals surface area contributed by atoms with E-state index >= 15 is 0 Å². The SMILES string of the molecule is CN=C(NCCCOCC1CCOC1)NCc1nc2ccccc2n1C. The Bertz CT molecular complexity index is 722. The molecule has 2 heterocycles. The monoisotopic (exact) mass is 359 g/mol. The number of aromatic nitrogens is 2. The van der Waals surface area contributed by atoms with Crippen molar-refractivity contribution in [1.82, 2.24) is 20.2 Å². The highest BCUT2D eigenvalue weighted by Crippen LogP contribution is 2.14. The molecular formula is C19H29N5O2. The van der Waals surface area contributed by atoms with Crippen molar-refractivity contribution >= 4 is 17.0 Å².